The smallest absolute Gasteiger partial charge is 0.336 e. The van der Waals surface area contributed by atoms with E-state index >= 15 is 0 Å². The highest BCUT2D eigenvalue weighted by Crippen LogP contribution is 2.23. The maximum Gasteiger partial charge on any atom is 0.336 e. The van der Waals surface area contributed by atoms with Crippen molar-refractivity contribution < 1.29 is 4.42 Å². The average Bonchev–Trinajstić information content (AvgIpc) is 2.38. The molecule has 0 atom stereocenters. The van der Waals surface area contributed by atoms with Gasteiger partial charge in [0, 0.05) is 36.3 Å². The summed E-state index contributed by atoms with van der Waals surface area (Å²) in [5.41, 5.74) is 2.57. The van der Waals surface area contributed by atoms with Crippen LogP contribution in [0.15, 0.2) is 33.5 Å². The summed E-state index contributed by atoms with van der Waals surface area (Å²) in [5, 5.41) is 1.04. The third-order valence-electron chi connectivity index (χ3n) is 3.32. The number of hydrogen-bond acceptors (Lipinski definition) is 3. The molecule has 0 unspecified atom stereocenters. The van der Waals surface area contributed by atoms with E-state index in [1.807, 2.05) is 19.1 Å². The van der Waals surface area contributed by atoms with Crippen LogP contribution in [0.1, 0.15) is 26.3 Å². The van der Waals surface area contributed by atoms with E-state index in [1.54, 1.807) is 6.07 Å². The Kier molecular flexibility index (Phi) is 3.70. The fraction of sp³-hybridized carbons (Fsp3) is 0.400. The van der Waals surface area contributed by atoms with Crippen molar-refractivity contribution in [2.45, 2.75) is 27.2 Å². The van der Waals surface area contributed by atoms with Crippen LogP contribution in [0, 0.1) is 0 Å². The number of nitrogens with zero attached hydrogens (tertiary/aromatic N) is 1. The molecule has 2 aromatic rings. The Morgan fingerprint density at radius 1 is 1.11 bits per heavy atom. The lowest BCUT2D eigenvalue weighted by molar-refractivity contribution is 0.559. The fourth-order valence-electron chi connectivity index (χ4n) is 2.30. The summed E-state index contributed by atoms with van der Waals surface area (Å²) in [6.45, 7) is 8.17. The van der Waals surface area contributed by atoms with Crippen molar-refractivity contribution in [1.82, 2.24) is 0 Å². The Morgan fingerprint density at radius 3 is 2.44 bits per heavy atom. The third kappa shape index (κ3) is 2.26. The highest BCUT2D eigenvalue weighted by Gasteiger charge is 2.07. The predicted molar refractivity (Wildman–Crippen MR) is 75.4 cm³/mol. The highest BCUT2D eigenvalue weighted by atomic mass is 16.4. The molecule has 0 amide bonds. The van der Waals surface area contributed by atoms with E-state index in [0.29, 0.717) is 5.58 Å². The van der Waals surface area contributed by atoms with Gasteiger partial charge in [0.05, 0.1) is 0 Å². The number of aryl methyl sites for hydroxylation is 1. The van der Waals surface area contributed by atoms with Crippen LogP contribution in [-0.4, -0.2) is 13.1 Å². The van der Waals surface area contributed by atoms with Crippen LogP contribution >= 0.6 is 0 Å². The standard InChI is InChI=1S/C15H19NO2/c1-4-11-9-15(17)18-14-10-12(7-8-13(11)14)16(5-2)6-3/h7-10H,4-6H2,1-3H3. The zero-order valence-corrected chi connectivity index (χ0v) is 11.2. The maximum atomic E-state index is 11.5. The van der Waals surface area contributed by atoms with Gasteiger partial charge in [-0.2, -0.15) is 0 Å². The molecular weight excluding hydrogens is 226 g/mol. The molecule has 0 aliphatic carbocycles. The average molecular weight is 245 g/mol. The van der Waals surface area contributed by atoms with Crippen LogP contribution in [0.25, 0.3) is 11.0 Å². The fourth-order valence-corrected chi connectivity index (χ4v) is 2.30. The summed E-state index contributed by atoms with van der Waals surface area (Å²) >= 11 is 0. The van der Waals surface area contributed by atoms with Crippen molar-refractivity contribution in [2.24, 2.45) is 0 Å². The van der Waals surface area contributed by atoms with Crippen LogP contribution in [0.3, 0.4) is 0 Å². The van der Waals surface area contributed by atoms with Gasteiger partial charge in [-0.25, -0.2) is 4.79 Å². The van der Waals surface area contributed by atoms with Gasteiger partial charge in [0.2, 0.25) is 0 Å². The molecule has 96 valence electrons. The van der Waals surface area contributed by atoms with Gasteiger partial charge in [0.25, 0.3) is 0 Å². The number of benzene rings is 1. The molecule has 0 aliphatic heterocycles. The molecular formula is C15H19NO2. The van der Waals surface area contributed by atoms with Crippen molar-refractivity contribution >= 4 is 16.7 Å². The molecule has 1 aromatic carbocycles. The van der Waals surface area contributed by atoms with E-state index < -0.39 is 0 Å². The first-order valence-corrected chi connectivity index (χ1v) is 6.51. The van der Waals surface area contributed by atoms with Gasteiger partial charge in [0.15, 0.2) is 0 Å². The molecule has 0 aliphatic rings. The Labute approximate surface area is 107 Å². The minimum atomic E-state index is -0.268. The van der Waals surface area contributed by atoms with E-state index in [9.17, 15) is 4.79 Å². The second kappa shape index (κ2) is 5.25. The normalized spacial score (nSPS) is 10.8. The first-order valence-electron chi connectivity index (χ1n) is 6.51. The van der Waals surface area contributed by atoms with E-state index in [0.717, 1.165) is 36.1 Å². The number of hydrogen-bond donors (Lipinski definition) is 0. The zero-order valence-electron chi connectivity index (χ0n) is 11.2. The van der Waals surface area contributed by atoms with Crippen molar-refractivity contribution in [1.29, 1.82) is 0 Å². The van der Waals surface area contributed by atoms with Crippen molar-refractivity contribution in [2.75, 3.05) is 18.0 Å². The lowest BCUT2D eigenvalue weighted by Gasteiger charge is -2.21. The van der Waals surface area contributed by atoms with E-state index in [1.165, 1.54) is 0 Å². The van der Waals surface area contributed by atoms with Gasteiger partial charge >= 0.3 is 5.63 Å². The summed E-state index contributed by atoms with van der Waals surface area (Å²) in [6.07, 6.45) is 0.840. The molecule has 1 heterocycles. The molecule has 1 aromatic heterocycles. The summed E-state index contributed by atoms with van der Waals surface area (Å²) in [4.78, 5) is 13.7. The molecule has 0 saturated carbocycles. The molecule has 2 rings (SSSR count). The highest BCUT2D eigenvalue weighted by molar-refractivity contribution is 5.83. The molecule has 0 saturated heterocycles. The largest absolute Gasteiger partial charge is 0.423 e. The Morgan fingerprint density at radius 2 is 1.83 bits per heavy atom. The molecule has 0 radical (unpaired) electrons. The minimum absolute atomic E-state index is 0.268. The Hall–Kier alpha value is -1.77. The van der Waals surface area contributed by atoms with Gasteiger partial charge in [-0.15, -0.1) is 0 Å². The van der Waals surface area contributed by atoms with Crippen LogP contribution in [0.5, 0.6) is 0 Å². The first-order chi connectivity index (χ1) is 8.69. The number of anilines is 1. The maximum absolute atomic E-state index is 11.5. The zero-order chi connectivity index (χ0) is 13.1. The topological polar surface area (TPSA) is 33.5 Å². The quantitative estimate of drug-likeness (QED) is 0.776. The SMILES string of the molecule is CCc1cc(=O)oc2cc(N(CC)CC)ccc12. The molecule has 0 fully saturated rings. The molecule has 0 N–H and O–H groups in total. The second-order valence-corrected chi connectivity index (χ2v) is 4.30. The Bertz CT molecular complexity index is 597. The molecule has 0 bridgehead atoms. The van der Waals surface area contributed by atoms with Crippen molar-refractivity contribution in [3.63, 3.8) is 0 Å². The van der Waals surface area contributed by atoms with Gasteiger partial charge in [-0.1, -0.05) is 6.92 Å². The van der Waals surface area contributed by atoms with Crippen molar-refractivity contribution in [3.8, 4) is 0 Å². The van der Waals surface area contributed by atoms with E-state index in [4.69, 9.17) is 4.42 Å². The van der Waals surface area contributed by atoms with Crippen LogP contribution in [0.2, 0.25) is 0 Å². The molecule has 3 nitrogen and oxygen atoms in total. The van der Waals surface area contributed by atoms with Gasteiger partial charge in [0.1, 0.15) is 5.58 Å². The van der Waals surface area contributed by atoms with Crippen LogP contribution in [0.4, 0.5) is 5.69 Å². The lowest BCUT2D eigenvalue weighted by Crippen LogP contribution is -2.21. The number of rotatable bonds is 4. The summed E-state index contributed by atoms with van der Waals surface area (Å²) in [7, 11) is 0. The van der Waals surface area contributed by atoms with Gasteiger partial charge < -0.3 is 9.32 Å². The lowest BCUT2D eigenvalue weighted by atomic mass is 10.1. The van der Waals surface area contributed by atoms with E-state index in [-0.39, 0.29) is 5.63 Å². The van der Waals surface area contributed by atoms with Crippen LogP contribution in [-0.2, 0) is 6.42 Å². The number of fused-ring (bicyclic) bond motifs is 1. The third-order valence-corrected chi connectivity index (χ3v) is 3.32. The Balaban J connectivity index is 2.61. The summed E-state index contributed by atoms with van der Waals surface area (Å²) in [6, 6.07) is 7.68. The molecule has 0 spiro atoms. The molecule has 18 heavy (non-hydrogen) atoms. The van der Waals surface area contributed by atoms with Crippen LogP contribution < -0.4 is 10.5 Å². The second-order valence-electron chi connectivity index (χ2n) is 4.30. The monoisotopic (exact) mass is 245 g/mol. The van der Waals surface area contributed by atoms with Gasteiger partial charge in [-0.05, 0) is 38.0 Å². The van der Waals surface area contributed by atoms with Crippen molar-refractivity contribution in [3.05, 3.63) is 40.2 Å². The van der Waals surface area contributed by atoms with E-state index in [2.05, 4.69) is 24.8 Å². The molecule has 3 heteroatoms. The first kappa shape index (κ1) is 12.7. The van der Waals surface area contributed by atoms with Gasteiger partial charge in [-0.3, -0.25) is 0 Å². The predicted octanol–water partition coefficient (Wildman–Crippen LogP) is 3.20. The summed E-state index contributed by atoms with van der Waals surface area (Å²) in [5.74, 6) is 0. The summed E-state index contributed by atoms with van der Waals surface area (Å²) < 4.78 is 5.30. The minimum Gasteiger partial charge on any atom is -0.423 e.